The molecule has 4 rings (SSSR count). The maximum absolute atomic E-state index is 13.7. The summed E-state index contributed by atoms with van der Waals surface area (Å²) < 4.78 is 11.5. The van der Waals surface area contributed by atoms with E-state index in [2.05, 4.69) is 34.3 Å². The molecular weight excluding hydrogens is 536 g/mol. The largest absolute Gasteiger partial charge is 0.489 e. The van der Waals surface area contributed by atoms with Crippen LogP contribution in [-0.4, -0.2) is 97.7 Å². The second kappa shape index (κ2) is 16.8. The van der Waals surface area contributed by atoms with Gasteiger partial charge in [-0.1, -0.05) is 56.3 Å². The van der Waals surface area contributed by atoms with Crippen LogP contribution in [0.25, 0.3) is 0 Å². The minimum atomic E-state index is -0.661. The molecule has 2 N–H and O–H groups in total. The Bertz CT molecular complexity index is 1060. The highest BCUT2D eigenvalue weighted by Crippen LogP contribution is 2.17. The normalized spacial score (nSPS) is 18.0. The average molecular weight is 583 g/mol. The number of hydrogen-bond acceptors (Lipinski definition) is 7. The molecule has 2 aromatic carbocycles. The van der Waals surface area contributed by atoms with Gasteiger partial charge in [0.05, 0.1) is 19.3 Å². The summed E-state index contributed by atoms with van der Waals surface area (Å²) in [4.78, 5) is 31.7. The van der Waals surface area contributed by atoms with Gasteiger partial charge in [0, 0.05) is 57.2 Å². The molecule has 0 unspecified atom stereocenters. The zero-order valence-electron chi connectivity index (χ0n) is 24.6. The lowest BCUT2D eigenvalue weighted by molar-refractivity contribution is -0.133. The lowest BCUT2D eigenvalue weighted by atomic mass is 9.99. The predicted octanol–water partition coefficient (Wildman–Crippen LogP) is 3.20. The summed E-state index contributed by atoms with van der Waals surface area (Å²) in [7, 11) is 0. The highest BCUT2D eigenvalue weighted by atomic mass is 32.2. The van der Waals surface area contributed by atoms with Gasteiger partial charge in [0.1, 0.15) is 18.4 Å². The Morgan fingerprint density at radius 2 is 1.63 bits per heavy atom. The van der Waals surface area contributed by atoms with E-state index >= 15 is 0 Å². The minimum absolute atomic E-state index is 0.0865. The molecule has 0 aliphatic carbocycles. The van der Waals surface area contributed by atoms with Crippen LogP contribution in [0.2, 0.25) is 0 Å². The quantitative estimate of drug-likeness (QED) is 0.354. The van der Waals surface area contributed by atoms with Gasteiger partial charge in [-0.15, -0.1) is 0 Å². The van der Waals surface area contributed by atoms with Crippen molar-refractivity contribution in [3.8, 4) is 5.75 Å². The van der Waals surface area contributed by atoms with Crippen molar-refractivity contribution in [2.75, 3.05) is 64.0 Å². The van der Waals surface area contributed by atoms with Crippen LogP contribution in [0, 0.1) is 5.92 Å². The molecule has 2 saturated heterocycles. The zero-order valence-corrected chi connectivity index (χ0v) is 25.4. The lowest BCUT2D eigenvalue weighted by Gasteiger charge is -2.35. The summed E-state index contributed by atoms with van der Waals surface area (Å²) in [5, 5.41) is 6.24. The van der Waals surface area contributed by atoms with Gasteiger partial charge in [0.25, 0.3) is 0 Å². The Balaban J connectivity index is 1.40. The first-order valence-corrected chi connectivity index (χ1v) is 16.1. The van der Waals surface area contributed by atoms with Crippen LogP contribution in [0.4, 0.5) is 0 Å². The van der Waals surface area contributed by atoms with Gasteiger partial charge in [-0.05, 0) is 35.6 Å². The van der Waals surface area contributed by atoms with Gasteiger partial charge >= 0.3 is 0 Å². The number of carbonyl (C=O) groups excluding carboxylic acids is 2. The molecule has 0 spiro atoms. The second-order valence-electron chi connectivity index (χ2n) is 11.2. The van der Waals surface area contributed by atoms with E-state index in [1.807, 2.05) is 66.4 Å². The first-order valence-electron chi connectivity index (χ1n) is 14.9. The molecule has 9 heteroatoms. The highest BCUT2D eigenvalue weighted by Gasteiger charge is 2.31. The first kappa shape index (κ1) is 31.3. The molecule has 0 saturated carbocycles. The van der Waals surface area contributed by atoms with Gasteiger partial charge in [0.2, 0.25) is 11.8 Å². The summed E-state index contributed by atoms with van der Waals surface area (Å²) >= 11 is 1.98. The van der Waals surface area contributed by atoms with E-state index in [-0.39, 0.29) is 17.9 Å². The number of rotatable bonds is 14. The number of amides is 2. The second-order valence-corrected chi connectivity index (χ2v) is 12.4. The Hall–Kier alpha value is -2.59. The van der Waals surface area contributed by atoms with Crippen molar-refractivity contribution < 1.29 is 19.1 Å². The van der Waals surface area contributed by atoms with E-state index in [1.54, 1.807) is 0 Å². The van der Waals surface area contributed by atoms with Crippen molar-refractivity contribution >= 4 is 23.6 Å². The molecule has 2 atom stereocenters. The molecule has 2 fully saturated rings. The van der Waals surface area contributed by atoms with Crippen LogP contribution in [0.15, 0.2) is 54.6 Å². The Kier molecular flexibility index (Phi) is 12.8. The molecular formula is C32H46N4O4S. The van der Waals surface area contributed by atoms with Crippen LogP contribution < -0.4 is 15.4 Å². The van der Waals surface area contributed by atoms with Gasteiger partial charge in [-0.3, -0.25) is 19.4 Å². The van der Waals surface area contributed by atoms with E-state index in [1.165, 1.54) is 0 Å². The summed E-state index contributed by atoms with van der Waals surface area (Å²) in [5.41, 5.74) is 2.08. The van der Waals surface area contributed by atoms with E-state index < -0.39 is 6.04 Å². The summed E-state index contributed by atoms with van der Waals surface area (Å²) in [6.07, 6.45) is 1.15. The molecule has 0 bridgehead atoms. The number of morpholine rings is 1. The number of nitrogens with one attached hydrogen (secondary N) is 2. The predicted molar refractivity (Wildman–Crippen MR) is 165 cm³/mol. The standard InChI is InChI=1S/C32H46N4O4S/c1-25(2)22-30(36-14-18-39-19-15-36)32(38)34-29(31(37)33-12-13-35-16-20-41-21-17-35)23-26-8-10-28(11-9-26)40-24-27-6-4-3-5-7-27/h3-11,25,29-30H,12-24H2,1-2H3,(H,33,37)(H,34,38)/t29-,30-/m0/s1. The van der Waals surface area contributed by atoms with Crippen molar-refractivity contribution in [2.24, 2.45) is 5.92 Å². The third-order valence-electron chi connectivity index (χ3n) is 7.56. The van der Waals surface area contributed by atoms with E-state index in [0.29, 0.717) is 38.7 Å². The van der Waals surface area contributed by atoms with Crippen molar-refractivity contribution in [2.45, 2.75) is 45.4 Å². The van der Waals surface area contributed by atoms with E-state index in [4.69, 9.17) is 9.47 Å². The number of thioether (sulfide) groups is 1. The minimum Gasteiger partial charge on any atom is -0.489 e. The average Bonchev–Trinajstić information content (AvgIpc) is 3.00. The van der Waals surface area contributed by atoms with Gasteiger partial charge in [-0.25, -0.2) is 0 Å². The van der Waals surface area contributed by atoms with Crippen molar-refractivity contribution in [3.63, 3.8) is 0 Å². The maximum atomic E-state index is 13.7. The third-order valence-corrected chi connectivity index (χ3v) is 8.50. The molecule has 8 nitrogen and oxygen atoms in total. The maximum Gasteiger partial charge on any atom is 0.242 e. The molecule has 0 radical (unpaired) electrons. The fourth-order valence-corrected chi connectivity index (χ4v) is 6.20. The number of carbonyl (C=O) groups is 2. The Morgan fingerprint density at radius 3 is 2.32 bits per heavy atom. The summed E-state index contributed by atoms with van der Waals surface area (Å²) in [5.74, 6) is 3.17. The summed E-state index contributed by atoms with van der Waals surface area (Å²) in [6.45, 7) is 10.9. The molecule has 41 heavy (non-hydrogen) atoms. The van der Waals surface area contributed by atoms with Crippen LogP contribution in [-0.2, 0) is 27.4 Å². The van der Waals surface area contributed by atoms with Crippen LogP contribution in [0.3, 0.4) is 0 Å². The van der Waals surface area contributed by atoms with Crippen LogP contribution in [0.1, 0.15) is 31.4 Å². The zero-order chi connectivity index (χ0) is 28.9. The molecule has 224 valence electrons. The highest BCUT2D eigenvalue weighted by molar-refractivity contribution is 7.99. The third kappa shape index (κ3) is 10.6. The fourth-order valence-electron chi connectivity index (χ4n) is 5.22. The SMILES string of the molecule is CC(C)C[C@@H](C(=O)N[C@@H](Cc1ccc(OCc2ccccc2)cc1)C(=O)NCCN1CCSCC1)N1CCOCC1. The smallest absolute Gasteiger partial charge is 0.242 e. The fraction of sp³-hybridized carbons (Fsp3) is 0.562. The van der Waals surface area contributed by atoms with Gasteiger partial charge in [-0.2, -0.15) is 11.8 Å². The van der Waals surface area contributed by atoms with Gasteiger partial charge < -0.3 is 20.1 Å². The number of benzene rings is 2. The van der Waals surface area contributed by atoms with Crippen LogP contribution >= 0.6 is 11.8 Å². The topological polar surface area (TPSA) is 83.1 Å². The number of nitrogens with zero attached hydrogens (tertiary/aromatic N) is 2. The number of hydrogen-bond donors (Lipinski definition) is 2. The molecule has 2 amide bonds. The Labute approximate surface area is 249 Å². The monoisotopic (exact) mass is 582 g/mol. The van der Waals surface area contributed by atoms with Gasteiger partial charge in [0.15, 0.2) is 0 Å². The number of ether oxygens (including phenoxy) is 2. The molecule has 2 aromatic rings. The molecule has 0 aromatic heterocycles. The molecule has 2 aliphatic rings. The lowest BCUT2D eigenvalue weighted by Crippen LogP contribution is -2.56. The van der Waals surface area contributed by atoms with E-state index in [0.717, 1.165) is 67.5 Å². The van der Waals surface area contributed by atoms with E-state index in [9.17, 15) is 9.59 Å². The molecule has 2 heterocycles. The van der Waals surface area contributed by atoms with Crippen molar-refractivity contribution in [1.82, 2.24) is 20.4 Å². The van der Waals surface area contributed by atoms with Crippen LogP contribution in [0.5, 0.6) is 5.75 Å². The van der Waals surface area contributed by atoms with Crippen molar-refractivity contribution in [1.29, 1.82) is 0 Å². The first-order chi connectivity index (χ1) is 20.0. The summed E-state index contributed by atoms with van der Waals surface area (Å²) in [6, 6.07) is 16.9. The van der Waals surface area contributed by atoms with Crippen molar-refractivity contribution in [3.05, 3.63) is 65.7 Å². The molecule has 2 aliphatic heterocycles. The Morgan fingerprint density at radius 1 is 0.927 bits per heavy atom.